The van der Waals surface area contributed by atoms with Crippen molar-refractivity contribution in [1.82, 2.24) is 20.2 Å². The third-order valence-electron chi connectivity index (χ3n) is 4.47. The minimum Gasteiger partial charge on any atom is -0.346 e. The van der Waals surface area contributed by atoms with E-state index in [1.54, 1.807) is 11.9 Å². The summed E-state index contributed by atoms with van der Waals surface area (Å²) in [6.45, 7) is 4.72. The lowest BCUT2D eigenvalue weighted by Crippen LogP contribution is -2.36. The molecule has 0 aliphatic carbocycles. The SMILES string of the molecule is CC(C)CC(NC(=O)C1CC(=O)N(C)C1)c1nc2ccccc2[nH]1. The molecular weight excluding hydrogens is 304 g/mol. The number of carbonyl (C=O) groups is 2. The molecule has 2 heterocycles. The van der Waals surface area contributed by atoms with Gasteiger partial charge in [0.15, 0.2) is 0 Å². The number of aromatic nitrogens is 2. The Kier molecular flexibility index (Phi) is 4.55. The molecule has 128 valence electrons. The Labute approximate surface area is 141 Å². The minimum absolute atomic E-state index is 0.0271. The van der Waals surface area contributed by atoms with Crippen molar-refractivity contribution < 1.29 is 9.59 Å². The number of likely N-dealkylation sites (tertiary alicyclic amines) is 1. The van der Waals surface area contributed by atoms with Crippen LogP contribution in [0.3, 0.4) is 0 Å². The molecule has 0 bridgehead atoms. The molecule has 0 spiro atoms. The first-order chi connectivity index (χ1) is 11.4. The number of nitrogens with one attached hydrogen (secondary N) is 2. The Balaban J connectivity index is 1.79. The fourth-order valence-corrected chi connectivity index (χ4v) is 3.18. The molecule has 2 unspecified atom stereocenters. The highest BCUT2D eigenvalue weighted by Crippen LogP contribution is 2.24. The van der Waals surface area contributed by atoms with E-state index in [2.05, 4.69) is 29.1 Å². The van der Waals surface area contributed by atoms with Gasteiger partial charge in [0.25, 0.3) is 0 Å². The second-order valence-corrected chi connectivity index (χ2v) is 7.01. The van der Waals surface area contributed by atoms with E-state index in [1.165, 1.54) is 0 Å². The first kappa shape index (κ1) is 16.5. The Hall–Kier alpha value is -2.37. The lowest BCUT2D eigenvalue weighted by Gasteiger charge is -2.20. The maximum Gasteiger partial charge on any atom is 0.226 e. The van der Waals surface area contributed by atoms with Crippen molar-refractivity contribution in [2.24, 2.45) is 11.8 Å². The van der Waals surface area contributed by atoms with E-state index in [-0.39, 0.29) is 30.2 Å². The summed E-state index contributed by atoms with van der Waals surface area (Å²) >= 11 is 0. The number of carbonyl (C=O) groups excluding carboxylic acids is 2. The summed E-state index contributed by atoms with van der Waals surface area (Å²) in [5.74, 6) is 0.868. The van der Waals surface area contributed by atoms with Crippen LogP contribution in [0, 0.1) is 11.8 Å². The standard InChI is InChI=1S/C18H24N4O2/c1-11(2)8-15(17-19-13-6-4-5-7-14(13)20-17)21-18(24)12-9-16(23)22(3)10-12/h4-7,11-12,15H,8-10H2,1-3H3,(H,19,20)(H,21,24). The van der Waals surface area contributed by atoms with Gasteiger partial charge in [-0.1, -0.05) is 26.0 Å². The molecule has 6 nitrogen and oxygen atoms in total. The molecular formula is C18H24N4O2. The van der Waals surface area contributed by atoms with Gasteiger partial charge in [-0.2, -0.15) is 0 Å². The van der Waals surface area contributed by atoms with Crippen LogP contribution in [0.2, 0.25) is 0 Å². The Morgan fingerprint density at radius 1 is 1.42 bits per heavy atom. The molecule has 1 aliphatic heterocycles. The van der Waals surface area contributed by atoms with Gasteiger partial charge in [0.2, 0.25) is 11.8 Å². The van der Waals surface area contributed by atoms with Gasteiger partial charge in [0, 0.05) is 20.0 Å². The van der Waals surface area contributed by atoms with Crippen LogP contribution in [-0.2, 0) is 9.59 Å². The molecule has 24 heavy (non-hydrogen) atoms. The van der Waals surface area contributed by atoms with Gasteiger partial charge in [-0.3, -0.25) is 9.59 Å². The summed E-state index contributed by atoms with van der Waals surface area (Å²) in [5.41, 5.74) is 1.86. The Morgan fingerprint density at radius 3 is 2.79 bits per heavy atom. The third kappa shape index (κ3) is 3.42. The van der Waals surface area contributed by atoms with Gasteiger partial charge in [0.05, 0.1) is 23.0 Å². The van der Waals surface area contributed by atoms with Crippen LogP contribution < -0.4 is 5.32 Å². The summed E-state index contributed by atoms with van der Waals surface area (Å²) in [6.07, 6.45) is 1.08. The van der Waals surface area contributed by atoms with Gasteiger partial charge in [-0.25, -0.2) is 4.98 Å². The van der Waals surface area contributed by atoms with Crippen LogP contribution in [0.1, 0.15) is 38.6 Å². The molecule has 2 atom stereocenters. The van der Waals surface area contributed by atoms with Crippen molar-refractivity contribution in [3.05, 3.63) is 30.1 Å². The molecule has 2 aromatic rings. The molecule has 6 heteroatoms. The maximum absolute atomic E-state index is 12.6. The second kappa shape index (κ2) is 6.63. The quantitative estimate of drug-likeness (QED) is 0.883. The van der Waals surface area contributed by atoms with Gasteiger partial charge in [0.1, 0.15) is 5.82 Å². The van der Waals surface area contributed by atoms with Gasteiger partial charge in [-0.15, -0.1) is 0 Å². The van der Waals surface area contributed by atoms with Crippen LogP contribution in [0.15, 0.2) is 24.3 Å². The van der Waals surface area contributed by atoms with Crippen LogP contribution in [0.25, 0.3) is 11.0 Å². The zero-order valence-electron chi connectivity index (χ0n) is 14.4. The topological polar surface area (TPSA) is 78.1 Å². The van der Waals surface area contributed by atoms with Crippen molar-refractivity contribution in [2.75, 3.05) is 13.6 Å². The number of nitrogens with zero attached hydrogens (tertiary/aromatic N) is 2. The van der Waals surface area contributed by atoms with Crippen LogP contribution in [0.4, 0.5) is 0 Å². The van der Waals surface area contributed by atoms with E-state index in [1.807, 2.05) is 24.3 Å². The molecule has 2 amide bonds. The van der Waals surface area contributed by atoms with E-state index < -0.39 is 0 Å². The molecule has 0 radical (unpaired) electrons. The number of fused-ring (bicyclic) bond motifs is 1. The number of para-hydroxylation sites is 2. The number of H-pyrrole nitrogens is 1. The molecule has 0 saturated carbocycles. The number of hydrogen-bond donors (Lipinski definition) is 2. The molecule has 2 N–H and O–H groups in total. The van der Waals surface area contributed by atoms with Gasteiger partial charge >= 0.3 is 0 Å². The predicted octanol–water partition coefficient (Wildman–Crippen LogP) is 2.24. The number of aromatic amines is 1. The fourth-order valence-electron chi connectivity index (χ4n) is 3.18. The van der Waals surface area contributed by atoms with Crippen molar-refractivity contribution in [2.45, 2.75) is 32.7 Å². The first-order valence-electron chi connectivity index (χ1n) is 8.43. The monoisotopic (exact) mass is 328 g/mol. The first-order valence-corrected chi connectivity index (χ1v) is 8.43. The zero-order valence-corrected chi connectivity index (χ0v) is 14.4. The number of benzene rings is 1. The molecule has 3 rings (SSSR count). The summed E-state index contributed by atoms with van der Waals surface area (Å²) in [5, 5.41) is 3.10. The average Bonchev–Trinajstić information content (AvgIpc) is 3.10. The highest BCUT2D eigenvalue weighted by molar-refractivity contribution is 5.89. The van der Waals surface area contributed by atoms with E-state index in [4.69, 9.17) is 0 Å². The van der Waals surface area contributed by atoms with E-state index in [9.17, 15) is 9.59 Å². The van der Waals surface area contributed by atoms with E-state index in [0.717, 1.165) is 23.3 Å². The zero-order chi connectivity index (χ0) is 17.3. The highest BCUT2D eigenvalue weighted by Gasteiger charge is 2.33. The second-order valence-electron chi connectivity index (χ2n) is 7.01. The lowest BCUT2D eigenvalue weighted by molar-refractivity contribution is -0.128. The number of amides is 2. The van der Waals surface area contributed by atoms with Crippen molar-refractivity contribution in [1.29, 1.82) is 0 Å². The minimum atomic E-state index is -0.276. The number of hydrogen-bond acceptors (Lipinski definition) is 3. The molecule has 1 aliphatic rings. The van der Waals surface area contributed by atoms with Crippen LogP contribution in [0.5, 0.6) is 0 Å². The van der Waals surface area contributed by atoms with Crippen LogP contribution >= 0.6 is 0 Å². The predicted molar refractivity (Wildman–Crippen MR) is 92.2 cm³/mol. The van der Waals surface area contributed by atoms with Crippen molar-refractivity contribution in [3.63, 3.8) is 0 Å². The van der Waals surface area contributed by atoms with E-state index in [0.29, 0.717) is 12.5 Å². The summed E-state index contributed by atoms with van der Waals surface area (Å²) in [4.78, 5) is 33.8. The van der Waals surface area contributed by atoms with Crippen molar-refractivity contribution in [3.8, 4) is 0 Å². The smallest absolute Gasteiger partial charge is 0.226 e. The summed E-state index contributed by atoms with van der Waals surface area (Å²) in [7, 11) is 1.74. The molecule has 1 aromatic heterocycles. The number of rotatable bonds is 5. The van der Waals surface area contributed by atoms with Crippen LogP contribution in [-0.4, -0.2) is 40.3 Å². The Morgan fingerprint density at radius 2 is 2.17 bits per heavy atom. The fraction of sp³-hybridized carbons (Fsp3) is 0.500. The third-order valence-corrected chi connectivity index (χ3v) is 4.47. The highest BCUT2D eigenvalue weighted by atomic mass is 16.2. The summed E-state index contributed by atoms with van der Waals surface area (Å²) < 4.78 is 0. The average molecular weight is 328 g/mol. The van der Waals surface area contributed by atoms with Gasteiger partial charge < -0.3 is 15.2 Å². The Bertz CT molecular complexity index is 719. The largest absolute Gasteiger partial charge is 0.346 e. The molecule has 1 fully saturated rings. The summed E-state index contributed by atoms with van der Waals surface area (Å²) in [6, 6.07) is 7.66. The van der Waals surface area contributed by atoms with Crippen molar-refractivity contribution >= 4 is 22.8 Å². The molecule has 1 saturated heterocycles. The normalized spacial score (nSPS) is 19.2. The van der Waals surface area contributed by atoms with E-state index >= 15 is 0 Å². The lowest BCUT2D eigenvalue weighted by atomic mass is 10.0. The maximum atomic E-state index is 12.6. The number of imidazole rings is 1. The van der Waals surface area contributed by atoms with Gasteiger partial charge in [-0.05, 0) is 24.5 Å². The molecule has 1 aromatic carbocycles.